The average Bonchev–Trinajstić information content (AvgIpc) is 2.77. The summed E-state index contributed by atoms with van der Waals surface area (Å²) < 4.78 is 19.6. The van der Waals surface area contributed by atoms with E-state index in [0.29, 0.717) is 13.2 Å². The molecule has 19 heavy (non-hydrogen) atoms. The minimum Gasteiger partial charge on any atom is -0.376 e. The minimum absolute atomic E-state index is 0.0580. The smallest absolute Gasteiger partial charge is 0.126 e. The third-order valence-electron chi connectivity index (χ3n) is 3.75. The SMILES string of the molecule is Fc1cc(Br)cc(NC2(CN3CCCC3)COC2)c1. The van der Waals surface area contributed by atoms with Crippen LogP contribution in [0.2, 0.25) is 0 Å². The summed E-state index contributed by atoms with van der Waals surface area (Å²) in [4.78, 5) is 2.46. The Hall–Kier alpha value is -0.650. The Kier molecular flexibility index (Phi) is 3.78. The Morgan fingerprint density at radius 1 is 1.26 bits per heavy atom. The van der Waals surface area contributed by atoms with Crippen molar-refractivity contribution in [3.8, 4) is 0 Å². The first kappa shape index (κ1) is 13.3. The van der Waals surface area contributed by atoms with E-state index in [1.807, 2.05) is 6.07 Å². The second kappa shape index (κ2) is 5.38. The van der Waals surface area contributed by atoms with Gasteiger partial charge in [0.2, 0.25) is 0 Å². The number of halogens is 2. The topological polar surface area (TPSA) is 24.5 Å². The van der Waals surface area contributed by atoms with E-state index in [1.54, 1.807) is 0 Å². The second-order valence-corrected chi connectivity index (χ2v) is 6.46. The monoisotopic (exact) mass is 328 g/mol. The maximum Gasteiger partial charge on any atom is 0.126 e. The molecule has 2 saturated heterocycles. The van der Waals surface area contributed by atoms with Gasteiger partial charge < -0.3 is 15.0 Å². The highest BCUT2D eigenvalue weighted by molar-refractivity contribution is 9.10. The fourth-order valence-corrected chi connectivity index (χ4v) is 3.32. The molecule has 0 aromatic heterocycles. The van der Waals surface area contributed by atoms with Gasteiger partial charge in [-0.1, -0.05) is 15.9 Å². The lowest BCUT2D eigenvalue weighted by molar-refractivity contribution is -0.0535. The van der Waals surface area contributed by atoms with Crippen LogP contribution in [0, 0.1) is 5.82 Å². The molecule has 1 N–H and O–H groups in total. The van der Waals surface area contributed by atoms with Crippen LogP contribution in [-0.2, 0) is 4.74 Å². The number of benzene rings is 1. The van der Waals surface area contributed by atoms with Crippen LogP contribution >= 0.6 is 15.9 Å². The maximum absolute atomic E-state index is 13.4. The standard InChI is InChI=1S/C14H18BrFN2O/c15-11-5-12(16)7-13(6-11)17-14(9-19-10-14)8-18-3-1-2-4-18/h5-7,17H,1-4,8-10H2. The van der Waals surface area contributed by atoms with Gasteiger partial charge in [0, 0.05) is 16.7 Å². The summed E-state index contributed by atoms with van der Waals surface area (Å²) in [6, 6.07) is 4.91. The highest BCUT2D eigenvalue weighted by Crippen LogP contribution is 2.28. The van der Waals surface area contributed by atoms with Crippen LogP contribution in [0.1, 0.15) is 12.8 Å². The number of anilines is 1. The van der Waals surface area contributed by atoms with Gasteiger partial charge in [0.25, 0.3) is 0 Å². The highest BCUT2D eigenvalue weighted by atomic mass is 79.9. The molecule has 0 spiro atoms. The number of likely N-dealkylation sites (tertiary alicyclic amines) is 1. The highest BCUT2D eigenvalue weighted by Gasteiger charge is 2.40. The van der Waals surface area contributed by atoms with Gasteiger partial charge in [0.05, 0.1) is 18.8 Å². The van der Waals surface area contributed by atoms with E-state index >= 15 is 0 Å². The summed E-state index contributed by atoms with van der Waals surface area (Å²) in [6.07, 6.45) is 2.56. The van der Waals surface area contributed by atoms with Gasteiger partial charge in [-0.2, -0.15) is 0 Å². The molecule has 3 nitrogen and oxygen atoms in total. The van der Waals surface area contributed by atoms with Gasteiger partial charge in [0.1, 0.15) is 5.82 Å². The predicted molar refractivity (Wildman–Crippen MR) is 76.9 cm³/mol. The van der Waals surface area contributed by atoms with Crippen molar-refractivity contribution in [3.05, 3.63) is 28.5 Å². The van der Waals surface area contributed by atoms with Crippen LogP contribution in [0.4, 0.5) is 10.1 Å². The second-order valence-electron chi connectivity index (χ2n) is 5.54. The molecule has 3 rings (SSSR count). The number of nitrogens with zero attached hydrogens (tertiary/aromatic N) is 1. The number of hydrogen-bond donors (Lipinski definition) is 1. The molecule has 0 bridgehead atoms. The zero-order valence-electron chi connectivity index (χ0n) is 10.8. The predicted octanol–water partition coefficient (Wildman–Crippen LogP) is 2.86. The number of rotatable bonds is 4. The van der Waals surface area contributed by atoms with Gasteiger partial charge >= 0.3 is 0 Å². The van der Waals surface area contributed by atoms with Crippen LogP contribution in [0.5, 0.6) is 0 Å². The average molecular weight is 329 g/mol. The Labute approximate surface area is 121 Å². The fourth-order valence-electron chi connectivity index (χ4n) is 2.85. The van der Waals surface area contributed by atoms with Crippen LogP contribution in [0.25, 0.3) is 0 Å². The first-order chi connectivity index (χ1) is 9.15. The van der Waals surface area contributed by atoms with Crippen molar-refractivity contribution in [1.29, 1.82) is 0 Å². The van der Waals surface area contributed by atoms with Crippen molar-refractivity contribution in [2.45, 2.75) is 18.4 Å². The van der Waals surface area contributed by atoms with E-state index in [1.165, 1.54) is 25.0 Å². The first-order valence-electron chi connectivity index (χ1n) is 6.70. The van der Waals surface area contributed by atoms with E-state index in [2.05, 4.69) is 26.1 Å². The van der Waals surface area contributed by atoms with Gasteiger partial charge in [-0.3, -0.25) is 0 Å². The third-order valence-corrected chi connectivity index (χ3v) is 4.21. The summed E-state index contributed by atoms with van der Waals surface area (Å²) >= 11 is 3.33. The summed E-state index contributed by atoms with van der Waals surface area (Å²) in [7, 11) is 0. The molecule has 0 atom stereocenters. The normalized spacial score (nSPS) is 22.2. The molecular weight excluding hydrogens is 311 g/mol. The van der Waals surface area contributed by atoms with E-state index in [9.17, 15) is 4.39 Å². The van der Waals surface area contributed by atoms with Crippen molar-refractivity contribution in [2.75, 3.05) is 38.2 Å². The maximum atomic E-state index is 13.4. The fraction of sp³-hybridized carbons (Fsp3) is 0.571. The zero-order chi connectivity index (χ0) is 13.3. The molecule has 2 aliphatic rings. The first-order valence-corrected chi connectivity index (χ1v) is 7.49. The number of hydrogen-bond acceptors (Lipinski definition) is 3. The molecule has 2 fully saturated rings. The van der Waals surface area contributed by atoms with Crippen LogP contribution in [0.15, 0.2) is 22.7 Å². The van der Waals surface area contributed by atoms with Crippen molar-refractivity contribution < 1.29 is 9.13 Å². The molecule has 5 heteroatoms. The largest absolute Gasteiger partial charge is 0.376 e. The van der Waals surface area contributed by atoms with Crippen molar-refractivity contribution >= 4 is 21.6 Å². The minimum atomic E-state index is -0.228. The summed E-state index contributed by atoms with van der Waals surface area (Å²) in [6.45, 7) is 4.68. The van der Waals surface area contributed by atoms with Gasteiger partial charge in [-0.25, -0.2) is 4.39 Å². The van der Waals surface area contributed by atoms with Gasteiger partial charge in [-0.15, -0.1) is 0 Å². The lowest BCUT2D eigenvalue weighted by Crippen LogP contribution is -2.61. The summed E-state index contributed by atoms with van der Waals surface area (Å²) in [5.74, 6) is -0.228. The zero-order valence-corrected chi connectivity index (χ0v) is 12.4. The Morgan fingerprint density at radius 3 is 2.58 bits per heavy atom. The van der Waals surface area contributed by atoms with Crippen molar-refractivity contribution in [3.63, 3.8) is 0 Å². The number of ether oxygens (including phenoxy) is 1. The molecule has 0 unspecified atom stereocenters. The van der Waals surface area contributed by atoms with E-state index in [-0.39, 0.29) is 11.4 Å². The molecule has 0 amide bonds. The molecule has 2 aliphatic heterocycles. The Morgan fingerprint density at radius 2 is 2.00 bits per heavy atom. The Bertz CT molecular complexity index is 439. The summed E-state index contributed by atoms with van der Waals surface area (Å²) in [5, 5.41) is 3.46. The lowest BCUT2D eigenvalue weighted by Gasteiger charge is -2.45. The lowest BCUT2D eigenvalue weighted by atomic mass is 9.96. The molecule has 1 aromatic carbocycles. The van der Waals surface area contributed by atoms with E-state index in [4.69, 9.17) is 4.74 Å². The molecular formula is C14H18BrFN2O. The van der Waals surface area contributed by atoms with E-state index < -0.39 is 0 Å². The van der Waals surface area contributed by atoms with Crippen LogP contribution < -0.4 is 5.32 Å². The molecule has 104 valence electrons. The molecule has 1 aromatic rings. The van der Waals surface area contributed by atoms with Crippen molar-refractivity contribution in [2.24, 2.45) is 0 Å². The molecule has 0 radical (unpaired) electrons. The van der Waals surface area contributed by atoms with Crippen LogP contribution in [0.3, 0.4) is 0 Å². The van der Waals surface area contributed by atoms with Crippen LogP contribution in [-0.4, -0.2) is 43.3 Å². The third kappa shape index (κ3) is 3.09. The van der Waals surface area contributed by atoms with E-state index in [0.717, 1.165) is 29.8 Å². The molecule has 0 saturated carbocycles. The van der Waals surface area contributed by atoms with Gasteiger partial charge in [0.15, 0.2) is 0 Å². The van der Waals surface area contributed by atoms with Gasteiger partial charge in [-0.05, 0) is 44.1 Å². The number of nitrogens with one attached hydrogen (secondary N) is 1. The summed E-state index contributed by atoms with van der Waals surface area (Å²) in [5.41, 5.74) is 0.756. The molecule has 0 aliphatic carbocycles. The Balaban J connectivity index is 1.71. The molecule has 2 heterocycles. The van der Waals surface area contributed by atoms with Crippen molar-refractivity contribution in [1.82, 2.24) is 4.90 Å². The quantitative estimate of drug-likeness (QED) is 0.919.